The first-order valence-electron chi connectivity index (χ1n) is 10.9. The van der Waals surface area contributed by atoms with Gasteiger partial charge in [-0.25, -0.2) is 9.37 Å². The van der Waals surface area contributed by atoms with E-state index in [0.717, 1.165) is 5.69 Å². The predicted molar refractivity (Wildman–Crippen MR) is 132 cm³/mol. The van der Waals surface area contributed by atoms with Gasteiger partial charge >= 0.3 is 0 Å². The van der Waals surface area contributed by atoms with Crippen molar-refractivity contribution in [1.29, 1.82) is 0 Å². The van der Waals surface area contributed by atoms with Crippen LogP contribution in [0.1, 0.15) is 48.1 Å². The highest BCUT2D eigenvalue weighted by Crippen LogP contribution is 2.22. The molecule has 178 valence electrons. The number of imidazole rings is 1. The van der Waals surface area contributed by atoms with Gasteiger partial charge in [0.05, 0.1) is 12.0 Å². The van der Waals surface area contributed by atoms with Gasteiger partial charge in [-0.15, -0.1) is 0 Å². The van der Waals surface area contributed by atoms with Crippen LogP contribution in [0.3, 0.4) is 0 Å². The Hall–Kier alpha value is -4.53. The number of benzene rings is 2. The van der Waals surface area contributed by atoms with Gasteiger partial charge in [0.1, 0.15) is 16.5 Å². The number of hydrogen-bond acceptors (Lipinski definition) is 4. The Labute approximate surface area is 199 Å². The number of aromatic nitrogens is 4. The minimum Gasteiger partial charge on any atom is -0.348 e. The number of anilines is 1. The Morgan fingerprint density at radius 3 is 2.29 bits per heavy atom. The highest BCUT2D eigenvalue weighted by molar-refractivity contribution is 6.04. The standard InChI is InChI=1S/C26H24FN5O3/c1-26(2,3)22-19(28-14-29-22)13-21-25(35)31-20(24(34)32-21)12-15-5-4-6-18(11-15)30-23(33)16-7-9-17(27)10-8-16/h4-14H,1-3H3,(H,28,29)(H,30,33)(H,31,35)(H,32,34)/b20-12-,21-13-. The van der Waals surface area contributed by atoms with Crippen LogP contribution in [0, 0.1) is 5.82 Å². The maximum Gasteiger partial charge on any atom is 0.272 e. The molecule has 0 saturated carbocycles. The van der Waals surface area contributed by atoms with Crippen molar-refractivity contribution in [1.82, 2.24) is 19.9 Å². The van der Waals surface area contributed by atoms with E-state index in [0.29, 0.717) is 22.5 Å². The summed E-state index contributed by atoms with van der Waals surface area (Å²) in [5.74, 6) is -0.832. The number of carbonyl (C=O) groups is 1. The molecule has 0 bridgehead atoms. The quantitative estimate of drug-likeness (QED) is 0.363. The summed E-state index contributed by atoms with van der Waals surface area (Å²) >= 11 is 0. The SMILES string of the molecule is CC(C)(C)c1[nH]cnc1/C=c1\[nH]c(=O)/c(=C/c2cccc(NC(=O)c3ccc(F)cc3)c2)[nH]c1=O. The molecule has 2 heterocycles. The van der Waals surface area contributed by atoms with E-state index in [1.807, 2.05) is 20.8 Å². The van der Waals surface area contributed by atoms with Crippen molar-refractivity contribution in [3.63, 3.8) is 0 Å². The van der Waals surface area contributed by atoms with Crippen LogP contribution in [0.25, 0.3) is 12.2 Å². The van der Waals surface area contributed by atoms with Crippen LogP contribution in [0.2, 0.25) is 0 Å². The van der Waals surface area contributed by atoms with E-state index < -0.39 is 22.8 Å². The summed E-state index contributed by atoms with van der Waals surface area (Å²) in [6.07, 6.45) is 4.59. The smallest absolute Gasteiger partial charge is 0.272 e. The number of aromatic amines is 3. The Kier molecular flexibility index (Phi) is 6.33. The molecule has 0 saturated heterocycles. The number of nitrogens with one attached hydrogen (secondary N) is 4. The summed E-state index contributed by atoms with van der Waals surface area (Å²) in [5.41, 5.74) is 1.60. The zero-order chi connectivity index (χ0) is 25.2. The number of amides is 1. The maximum atomic E-state index is 13.1. The first-order valence-corrected chi connectivity index (χ1v) is 10.9. The molecule has 0 fully saturated rings. The van der Waals surface area contributed by atoms with Crippen LogP contribution in [0.15, 0.2) is 64.4 Å². The molecule has 2 aromatic carbocycles. The van der Waals surface area contributed by atoms with Gasteiger partial charge in [0.15, 0.2) is 0 Å². The second-order valence-electron chi connectivity index (χ2n) is 9.02. The summed E-state index contributed by atoms with van der Waals surface area (Å²) < 4.78 is 13.1. The molecule has 1 amide bonds. The fourth-order valence-corrected chi connectivity index (χ4v) is 3.53. The monoisotopic (exact) mass is 473 g/mol. The van der Waals surface area contributed by atoms with Gasteiger partial charge in [0.2, 0.25) is 0 Å². The van der Waals surface area contributed by atoms with Crippen molar-refractivity contribution in [2.24, 2.45) is 0 Å². The zero-order valence-electron chi connectivity index (χ0n) is 19.4. The van der Waals surface area contributed by atoms with Crippen LogP contribution >= 0.6 is 0 Å². The molecule has 0 spiro atoms. The molecule has 0 atom stereocenters. The molecule has 9 heteroatoms. The van der Waals surface area contributed by atoms with Crippen molar-refractivity contribution < 1.29 is 9.18 Å². The predicted octanol–water partition coefficient (Wildman–Crippen LogP) is 2.13. The lowest BCUT2D eigenvalue weighted by atomic mass is 9.90. The van der Waals surface area contributed by atoms with Crippen molar-refractivity contribution in [3.05, 3.63) is 115 Å². The molecule has 4 N–H and O–H groups in total. The van der Waals surface area contributed by atoms with Gasteiger partial charge in [0, 0.05) is 22.4 Å². The number of rotatable bonds is 4. The highest BCUT2D eigenvalue weighted by Gasteiger charge is 2.19. The zero-order valence-corrected chi connectivity index (χ0v) is 19.4. The molecule has 0 unspecified atom stereocenters. The average Bonchev–Trinajstić information content (AvgIpc) is 3.27. The fraction of sp³-hybridized carbons (Fsp3) is 0.154. The highest BCUT2D eigenvalue weighted by atomic mass is 19.1. The minimum atomic E-state index is -0.482. The average molecular weight is 474 g/mol. The summed E-state index contributed by atoms with van der Waals surface area (Å²) in [7, 11) is 0. The van der Waals surface area contributed by atoms with Crippen LogP contribution in [-0.2, 0) is 5.41 Å². The van der Waals surface area contributed by atoms with Gasteiger partial charge in [-0.3, -0.25) is 14.4 Å². The van der Waals surface area contributed by atoms with E-state index in [4.69, 9.17) is 0 Å². The third-order valence-corrected chi connectivity index (χ3v) is 5.25. The lowest BCUT2D eigenvalue weighted by Gasteiger charge is -2.16. The van der Waals surface area contributed by atoms with Gasteiger partial charge < -0.3 is 20.3 Å². The van der Waals surface area contributed by atoms with Crippen LogP contribution in [0.4, 0.5) is 10.1 Å². The molecular weight excluding hydrogens is 449 g/mol. The molecular formula is C26H24FN5O3. The molecule has 8 nitrogen and oxygen atoms in total. The Morgan fingerprint density at radius 2 is 1.63 bits per heavy atom. The van der Waals surface area contributed by atoms with Crippen molar-refractivity contribution in [2.75, 3.05) is 5.32 Å². The molecule has 4 rings (SSSR count). The number of carbonyl (C=O) groups excluding carboxylic acids is 1. The van der Waals surface area contributed by atoms with Gasteiger partial charge in [-0.05, 0) is 54.1 Å². The molecule has 0 aliphatic heterocycles. The molecule has 2 aromatic heterocycles. The van der Waals surface area contributed by atoms with Crippen molar-refractivity contribution >= 4 is 23.7 Å². The van der Waals surface area contributed by atoms with E-state index in [1.54, 1.807) is 30.6 Å². The number of nitrogens with zero attached hydrogens (tertiary/aromatic N) is 1. The molecule has 0 aliphatic carbocycles. The molecule has 4 aromatic rings. The first-order chi connectivity index (χ1) is 16.6. The number of H-pyrrole nitrogens is 3. The third kappa shape index (κ3) is 5.52. The van der Waals surface area contributed by atoms with Crippen molar-refractivity contribution in [3.8, 4) is 0 Å². The first kappa shape index (κ1) is 23.6. The fourth-order valence-electron chi connectivity index (χ4n) is 3.53. The van der Waals surface area contributed by atoms with E-state index in [9.17, 15) is 18.8 Å². The maximum absolute atomic E-state index is 13.1. The molecule has 0 radical (unpaired) electrons. The van der Waals surface area contributed by atoms with Gasteiger partial charge in [-0.2, -0.15) is 0 Å². The van der Waals surface area contributed by atoms with Gasteiger partial charge in [-0.1, -0.05) is 32.9 Å². The molecule has 35 heavy (non-hydrogen) atoms. The van der Waals surface area contributed by atoms with Crippen molar-refractivity contribution in [2.45, 2.75) is 26.2 Å². The summed E-state index contributed by atoms with van der Waals surface area (Å²) in [4.78, 5) is 50.3. The van der Waals surface area contributed by atoms with Crippen LogP contribution < -0.4 is 27.1 Å². The topological polar surface area (TPSA) is 123 Å². The van der Waals surface area contributed by atoms with E-state index in [1.165, 1.54) is 36.4 Å². The Morgan fingerprint density at radius 1 is 0.971 bits per heavy atom. The van der Waals surface area contributed by atoms with Crippen LogP contribution in [0.5, 0.6) is 0 Å². The summed E-state index contributed by atoms with van der Waals surface area (Å²) in [6.45, 7) is 6.04. The largest absolute Gasteiger partial charge is 0.348 e. The van der Waals surface area contributed by atoms with Gasteiger partial charge in [0.25, 0.3) is 17.0 Å². The number of halogens is 1. The third-order valence-electron chi connectivity index (χ3n) is 5.25. The van der Waals surface area contributed by atoms with E-state index in [2.05, 4.69) is 25.3 Å². The lowest BCUT2D eigenvalue weighted by Crippen LogP contribution is -2.46. The Balaban J connectivity index is 1.65. The second-order valence-corrected chi connectivity index (χ2v) is 9.02. The van der Waals surface area contributed by atoms with E-state index in [-0.39, 0.29) is 16.1 Å². The summed E-state index contributed by atoms with van der Waals surface area (Å²) in [6, 6.07) is 11.9. The lowest BCUT2D eigenvalue weighted by molar-refractivity contribution is 0.102. The molecule has 0 aliphatic rings. The van der Waals surface area contributed by atoms with E-state index >= 15 is 0 Å². The minimum absolute atomic E-state index is 0.0623. The normalized spacial score (nSPS) is 12.7. The Bertz CT molecular complexity index is 1620. The number of hydrogen-bond donors (Lipinski definition) is 4. The second kappa shape index (κ2) is 9.38. The van der Waals surface area contributed by atoms with Crippen LogP contribution in [-0.4, -0.2) is 25.8 Å². The summed E-state index contributed by atoms with van der Waals surface area (Å²) in [5, 5.41) is 2.88.